The molecule has 5 heteroatoms. The fourth-order valence-corrected chi connectivity index (χ4v) is 3.03. The summed E-state index contributed by atoms with van der Waals surface area (Å²) in [7, 11) is 0. The van der Waals surface area contributed by atoms with Gasteiger partial charge in [-0.15, -0.1) is 11.8 Å². The average Bonchev–Trinajstić information content (AvgIpc) is 2.49. The highest BCUT2D eigenvalue weighted by atomic mass is 32.2. The molecule has 3 rings (SSSR count). The van der Waals surface area contributed by atoms with Crippen LogP contribution in [0.2, 0.25) is 0 Å². The molecule has 0 unspecified atom stereocenters. The lowest BCUT2D eigenvalue weighted by molar-refractivity contribution is 1.10. The molecule has 0 saturated heterocycles. The van der Waals surface area contributed by atoms with Crippen molar-refractivity contribution in [2.75, 3.05) is 5.73 Å². The number of nitrogen functional groups attached to an aromatic ring is 1. The number of H-pyrrole nitrogens is 1. The molecule has 3 aromatic rings. The molecule has 3 N–H and O–H groups in total. The zero-order valence-corrected chi connectivity index (χ0v) is 13.3. The molecule has 0 saturated carbocycles. The van der Waals surface area contributed by atoms with Gasteiger partial charge in [-0.2, -0.15) is 0 Å². The van der Waals surface area contributed by atoms with Gasteiger partial charge in [-0.3, -0.25) is 4.79 Å². The largest absolute Gasteiger partial charge is 0.399 e. The summed E-state index contributed by atoms with van der Waals surface area (Å²) in [6, 6.07) is 11.6. The van der Waals surface area contributed by atoms with Gasteiger partial charge in [-0.1, -0.05) is 0 Å². The Kier molecular flexibility index (Phi) is 3.90. The second-order valence-corrected chi connectivity index (χ2v) is 6.37. The van der Waals surface area contributed by atoms with Gasteiger partial charge in [-0.05, 0) is 61.4 Å². The number of benzene rings is 2. The Morgan fingerprint density at radius 2 is 1.82 bits per heavy atom. The zero-order valence-electron chi connectivity index (χ0n) is 12.5. The van der Waals surface area contributed by atoms with Crippen molar-refractivity contribution in [3.8, 4) is 0 Å². The maximum Gasteiger partial charge on any atom is 0.271 e. The van der Waals surface area contributed by atoms with Crippen molar-refractivity contribution >= 4 is 28.5 Å². The molecule has 0 aliphatic rings. The van der Waals surface area contributed by atoms with Crippen LogP contribution in [0, 0.1) is 13.8 Å². The Hall–Kier alpha value is -2.27. The summed E-state index contributed by atoms with van der Waals surface area (Å²) in [6.07, 6.45) is 0. The maximum absolute atomic E-state index is 12.2. The van der Waals surface area contributed by atoms with Crippen LogP contribution in [0.15, 0.2) is 46.1 Å². The Bertz CT molecular complexity index is 885. The number of rotatable bonds is 3. The lowest BCUT2D eigenvalue weighted by Crippen LogP contribution is -2.14. The van der Waals surface area contributed by atoms with Crippen LogP contribution in [0.5, 0.6) is 0 Å². The van der Waals surface area contributed by atoms with Crippen LogP contribution in [0.3, 0.4) is 0 Å². The fraction of sp³-hybridized carbons (Fsp3) is 0.176. The van der Waals surface area contributed by atoms with Gasteiger partial charge in [0.25, 0.3) is 5.56 Å². The molecule has 0 amide bonds. The molecule has 0 aliphatic heterocycles. The van der Waals surface area contributed by atoms with E-state index in [4.69, 9.17) is 5.73 Å². The topological polar surface area (TPSA) is 71.8 Å². The molecule has 1 heterocycles. The third-order valence-electron chi connectivity index (χ3n) is 3.63. The lowest BCUT2D eigenvalue weighted by Gasteiger charge is -2.06. The van der Waals surface area contributed by atoms with E-state index < -0.39 is 0 Å². The highest BCUT2D eigenvalue weighted by Crippen LogP contribution is 2.22. The van der Waals surface area contributed by atoms with Gasteiger partial charge in [0.2, 0.25) is 0 Å². The van der Waals surface area contributed by atoms with E-state index >= 15 is 0 Å². The number of fused-ring (bicyclic) bond motifs is 1. The first-order valence-electron chi connectivity index (χ1n) is 7.01. The Morgan fingerprint density at radius 1 is 1.14 bits per heavy atom. The van der Waals surface area contributed by atoms with Gasteiger partial charge in [0, 0.05) is 16.3 Å². The zero-order chi connectivity index (χ0) is 15.7. The summed E-state index contributed by atoms with van der Waals surface area (Å²) in [4.78, 5) is 20.7. The molecule has 4 nitrogen and oxygen atoms in total. The van der Waals surface area contributed by atoms with Crippen molar-refractivity contribution in [1.29, 1.82) is 0 Å². The molecule has 2 aromatic carbocycles. The number of aromatic nitrogens is 2. The molecular formula is C17H17N3OS. The predicted octanol–water partition coefficient (Wildman–Crippen LogP) is 3.41. The fourth-order valence-electron chi connectivity index (χ4n) is 2.20. The quantitative estimate of drug-likeness (QED) is 0.574. The van der Waals surface area contributed by atoms with E-state index in [0.717, 1.165) is 27.2 Å². The molecule has 0 atom stereocenters. The molecule has 0 fully saturated rings. The number of aryl methyl sites for hydroxylation is 2. The van der Waals surface area contributed by atoms with Crippen molar-refractivity contribution in [3.05, 3.63) is 63.6 Å². The maximum atomic E-state index is 12.2. The van der Waals surface area contributed by atoms with Gasteiger partial charge >= 0.3 is 0 Å². The molecule has 0 spiro atoms. The Labute approximate surface area is 132 Å². The number of anilines is 1. The second kappa shape index (κ2) is 5.85. The molecule has 22 heavy (non-hydrogen) atoms. The van der Waals surface area contributed by atoms with Gasteiger partial charge < -0.3 is 10.7 Å². The number of nitrogens with one attached hydrogen (secondary N) is 1. The molecule has 112 valence electrons. The standard InChI is InChI=1S/C17H17N3OS/c1-10-7-14-15(8-11(10)2)20-17(21)16(19-14)9-22-13-5-3-12(18)4-6-13/h3-8H,9,18H2,1-2H3,(H,20,21). The van der Waals surface area contributed by atoms with E-state index in [9.17, 15) is 4.79 Å². The van der Waals surface area contributed by atoms with Crippen molar-refractivity contribution < 1.29 is 0 Å². The highest BCUT2D eigenvalue weighted by molar-refractivity contribution is 7.98. The molecule has 0 aliphatic carbocycles. The molecule has 1 aromatic heterocycles. The Morgan fingerprint density at radius 3 is 2.55 bits per heavy atom. The molecule has 0 radical (unpaired) electrons. The van der Waals surface area contributed by atoms with Crippen LogP contribution in [-0.4, -0.2) is 9.97 Å². The van der Waals surface area contributed by atoms with E-state index in [2.05, 4.69) is 9.97 Å². The van der Waals surface area contributed by atoms with E-state index in [0.29, 0.717) is 11.4 Å². The van der Waals surface area contributed by atoms with Gasteiger partial charge in [0.15, 0.2) is 0 Å². The summed E-state index contributed by atoms with van der Waals surface area (Å²) in [6.45, 7) is 4.07. The summed E-state index contributed by atoms with van der Waals surface area (Å²) in [5.41, 5.74) is 10.7. The van der Waals surface area contributed by atoms with Crippen LogP contribution in [0.25, 0.3) is 11.0 Å². The number of thioether (sulfide) groups is 1. The minimum Gasteiger partial charge on any atom is -0.399 e. The predicted molar refractivity (Wildman–Crippen MR) is 92.3 cm³/mol. The molecular weight excluding hydrogens is 294 g/mol. The number of nitrogens with two attached hydrogens (primary N) is 1. The Balaban J connectivity index is 1.90. The van der Waals surface area contributed by atoms with Crippen LogP contribution in [0.1, 0.15) is 16.8 Å². The number of aromatic amines is 1. The normalized spacial score (nSPS) is 11.0. The monoisotopic (exact) mass is 311 g/mol. The van der Waals surface area contributed by atoms with Gasteiger partial charge in [-0.25, -0.2) is 4.98 Å². The van der Waals surface area contributed by atoms with Crippen LogP contribution in [-0.2, 0) is 5.75 Å². The van der Waals surface area contributed by atoms with Crippen LogP contribution < -0.4 is 11.3 Å². The van der Waals surface area contributed by atoms with E-state index in [1.807, 2.05) is 50.2 Å². The summed E-state index contributed by atoms with van der Waals surface area (Å²) in [5, 5.41) is 0. The van der Waals surface area contributed by atoms with E-state index in [1.54, 1.807) is 11.8 Å². The SMILES string of the molecule is Cc1cc2nc(CSc3ccc(N)cc3)c(=O)[nH]c2cc1C. The van der Waals surface area contributed by atoms with E-state index in [-0.39, 0.29) is 5.56 Å². The molecule has 0 bridgehead atoms. The highest BCUT2D eigenvalue weighted by Gasteiger charge is 2.07. The summed E-state index contributed by atoms with van der Waals surface area (Å²) in [5.74, 6) is 0.530. The number of nitrogens with zero attached hydrogens (tertiary/aromatic N) is 1. The van der Waals surface area contributed by atoms with Crippen LogP contribution in [0.4, 0.5) is 5.69 Å². The second-order valence-electron chi connectivity index (χ2n) is 5.32. The number of hydrogen-bond acceptors (Lipinski definition) is 4. The number of hydrogen-bond donors (Lipinski definition) is 2. The summed E-state index contributed by atoms with van der Waals surface area (Å²) < 4.78 is 0. The first-order valence-corrected chi connectivity index (χ1v) is 8.00. The third-order valence-corrected chi connectivity index (χ3v) is 4.66. The van der Waals surface area contributed by atoms with Crippen molar-refractivity contribution in [2.24, 2.45) is 0 Å². The first kappa shape index (κ1) is 14.7. The lowest BCUT2D eigenvalue weighted by atomic mass is 10.1. The van der Waals surface area contributed by atoms with Crippen molar-refractivity contribution in [1.82, 2.24) is 9.97 Å². The smallest absolute Gasteiger partial charge is 0.271 e. The minimum atomic E-state index is -0.126. The third kappa shape index (κ3) is 2.99. The van der Waals surface area contributed by atoms with Crippen molar-refractivity contribution in [2.45, 2.75) is 24.5 Å². The van der Waals surface area contributed by atoms with Crippen LogP contribution >= 0.6 is 11.8 Å². The van der Waals surface area contributed by atoms with Gasteiger partial charge in [0.1, 0.15) is 5.69 Å². The minimum absolute atomic E-state index is 0.126. The first-order chi connectivity index (χ1) is 10.5. The summed E-state index contributed by atoms with van der Waals surface area (Å²) >= 11 is 1.57. The van der Waals surface area contributed by atoms with E-state index in [1.165, 1.54) is 5.56 Å². The average molecular weight is 311 g/mol. The van der Waals surface area contributed by atoms with Crippen molar-refractivity contribution in [3.63, 3.8) is 0 Å². The van der Waals surface area contributed by atoms with Gasteiger partial charge in [0.05, 0.1) is 11.0 Å².